The van der Waals surface area contributed by atoms with Gasteiger partial charge in [0.25, 0.3) is 0 Å². The number of amides is 1. The first-order chi connectivity index (χ1) is 10.1. The van der Waals surface area contributed by atoms with Crippen molar-refractivity contribution in [1.29, 1.82) is 0 Å². The molecule has 0 atom stereocenters. The van der Waals surface area contributed by atoms with Crippen LogP contribution in [0.2, 0.25) is 0 Å². The molecule has 1 aromatic heterocycles. The Labute approximate surface area is 125 Å². The Bertz CT molecular complexity index is 507. The number of carbonyl (C=O) groups is 1. The molecule has 0 radical (unpaired) electrons. The lowest BCUT2D eigenvalue weighted by Crippen LogP contribution is -2.41. The van der Waals surface area contributed by atoms with Crippen LogP contribution in [0.4, 0.5) is 5.82 Å². The molecule has 1 aromatic rings. The second-order valence-corrected chi connectivity index (χ2v) is 6.18. The maximum absolute atomic E-state index is 11.3. The third-order valence-electron chi connectivity index (χ3n) is 4.57. The third kappa shape index (κ3) is 3.32. The Balaban J connectivity index is 1.56. The molecule has 3 N–H and O–H groups in total. The van der Waals surface area contributed by atoms with E-state index in [1.165, 1.54) is 0 Å². The van der Waals surface area contributed by atoms with Gasteiger partial charge in [-0.1, -0.05) is 0 Å². The second-order valence-electron chi connectivity index (χ2n) is 6.18. The van der Waals surface area contributed by atoms with Gasteiger partial charge >= 0.3 is 0 Å². The molecular formula is C15H23N5O. The summed E-state index contributed by atoms with van der Waals surface area (Å²) in [5.41, 5.74) is 6.93. The summed E-state index contributed by atoms with van der Waals surface area (Å²) in [6.07, 6.45) is 5.60. The van der Waals surface area contributed by atoms with Crippen LogP contribution in [0.1, 0.15) is 44.2 Å². The summed E-state index contributed by atoms with van der Waals surface area (Å²) in [5.74, 6) is 1.55. The Morgan fingerprint density at radius 3 is 2.67 bits per heavy atom. The molecule has 114 valence electrons. The minimum Gasteiger partial charge on any atom is -0.367 e. The van der Waals surface area contributed by atoms with Gasteiger partial charge in [0.1, 0.15) is 12.1 Å². The zero-order valence-corrected chi connectivity index (χ0v) is 12.5. The van der Waals surface area contributed by atoms with Crippen molar-refractivity contribution >= 4 is 11.7 Å². The van der Waals surface area contributed by atoms with E-state index in [-0.39, 0.29) is 5.91 Å². The molecule has 6 heteroatoms. The number of piperidine rings is 1. The van der Waals surface area contributed by atoms with Crippen molar-refractivity contribution in [2.45, 2.75) is 50.6 Å². The number of hydrogen-bond acceptors (Lipinski definition) is 5. The zero-order valence-electron chi connectivity index (χ0n) is 12.5. The molecular weight excluding hydrogens is 266 g/mol. The van der Waals surface area contributed by atoms with Gasteiger partial charge in [-0.05, 0) is 25.7 Å². The van der Waals surface area contributed by atoms with Crippen molar-refractivity contribution in [2.75, 3.05) is 18.4 Å². The molecule has 2 fully saturated rings. The number of rotatable bonds is 3. The lowest BCUT2D eigenvalue weighted by Gasteiger charge is -2.33. The molecule has 0 bridgehead atoms. The Morgan fingerprint density at radius 1 is 1.33 bits per heavy atom. The molecule has 1 saturated heterocycles. The number of hydrogen-bond donors (Lipinski definition) is 2. The Kier molecular flexibility index (Phi) is 4.05. The zero-order chi connectivity index (χ0) is 14.8. The molecule has 2 heterocycles. The topological polar surface area (TPSA) is 84.1 Å². The predicted octanol–water partition coefficient (Wildman–Crippen LogP) is 1.10. The standard InChI is InChI=1S/C15H23N5O/c1-10(21)20-4-2-13(3-5-20)19-15-8-14(17-9-18-15)11-6-12(16)7-11/h8-9,11-13H,2-7,16H2,1H3,(H,17,18,19). The lowest BCUT2D eigenvalue weighted by molar-refractivity contribution is -0.129. The number of nitrogens with zero attached hydrogens (tertiary/aromatic N) is 3. The fourth-order valence-corrected chi connectivity index (χ4v) is 3.13. The van der Waals surface area contributed by atoms with Gasteiger partial charge in [0.2, 0.25) is 5.91 Å². The predicted molar refractivity (Wildman–Crippen MR) is 80.9 cm³/mol. The van der Waals surface area contributed by atoms with Crippen LogP contribution in [0.25, 0.3) is 0 Å². The number of likely N-dealkylation sites (tertiary alicyclic amines) is 1. The van der Waals surface area contributed by atoms with Crippen LogP contribution >= 0.6 is 0 Å². The molecule has 1 aliphatic carbocycles. The van der Waals surface area contributed by atoms with Crippen molar-refractivity contribution in [1.82, 2.24) is 14.9 Å². The smallest absolute Gasteiger partial charge is 0.219 e. The Hall–Kier alpha value is -1.69. The SMILES string of the molecule is CC(=O)N1CCC(Nc2cc(C3CC(N)C3)ncn2)CC1. The summed E-state index contributed by atoms with van der Waals surface area (Å²) in [6, 6.07) is 2.76. The summed E-state index contributed by atoms with van der Waals surface area (Å²) in [7, 11) is 0. The van der Waals surface area contributed by atoms with Crippen molar-refractivity contribution in [3.05, 3.63) is 18.1 Å². The van der Waals surface area contributed by atoms with E-state index in [4.69, 9.17) is 5.73 Å². The average molecular weight is 289 g/mol. The van der Waals surface area contributed by atoms with Crippen LogP contribution in [0.3, 0.4) is 0 Å². The highest BCUT2D eigenvalue weighted by Crippen LogP contribution is 2.34. The quantitative estimate of drug-likeness (QED) is 0.870. The first kappa shape index (κ1) is 14.3. The number of nitrogens with two attached hydrogens (primary N) is 1. The third-order valence-corrected chi connectivity index (χ3v) is 4.57. The van der Waals surface area contributed by atoms with E-state index in [1.807, 2.05) is 11.0 Å². The van der Waals surface area contributed by atoms with Crippen LogP contribution in [-0.2, 0) is 4.79 Å². The molecule has 2 aliphatic rings. The monoisotopic (exact) mass is 289 g/mol. The summed E-state index contributed by atoms with van der Waals surface area (Å²) >= 11 is 0. The number of nitrogens with one attached hydrogen (secondary N) is 1. The van der Waals surface area contributed by atoms with E-state index in [9.17, 15) is 4.79 Å². The molecule has 3 rings (SSSR count). The summed E-state index contributed by atoms with van der Waals surface area (Å²) in [4.78, 5) is 21.9. The highest BCUT2D eigenvalue weighted by Gasteiger charge is 2.29. The molecule has 0 unspecified atom stereocenters. The van der Waals surface area contributed by atoms with E-state index >= 15 is 0 Å². The molecule has 0 spiro atoms. The van der Waals surface area contributed by atoms with Crippen molar-refractivity contribution in [3.8, 4) is 0 Å². The maximum atomic E-state index is 11.3. The van der Waals surface area contributed by atoms with E-state index in [1.54, 1.807) is 13.3 Å². The first-order valence-corrected chi connectivity index (χ1v) is 7.71. The normalized spacial score (nSPS) is 26.3. The average Bonchev–Trinajstić information content (AvgIpc) is 2.45. The van der Waals surface area contributed by atoms with Gasteiger partial charge in [-0.15, -0.1) is 0 Å². The van der Waals surface area contributed by atoms with Gasteiger partial charge in [-0.2, -0.15) is 0 Å². The van der Waals surface area contributed by atoms with Crippen molar-refractivity contribution in [2.24, 2.45) is 5.73 Å². The van der Waals surface area contributed by atoms with Gasteiger partial charge in [-0.25, -0.2) is 9.97 Å². The minimum atomic E-state index is 0.166. The van der Waals surface area contributed by atoms with E-state index < -0.39 is 0 Å². The molecule has 0 aromatic carbocycles. The molecule has 21 heavy (non-hydrogen) atoms. The summed E-state index contributed by atoms with van der Waals surface area (Å²) in [5, 5.41) is 3.47. The maximum Gasteiger partial charge on any atom is 0.219 e. The van der Waals surface area contributed by atoms with Gasteiger partial charge in [0.05, 0.1) is 0 Å². The van der Waals surface area contributed by atoms with E-state index in [2.05, 4.69) is 15.3 Å². The summed E-state index contributed by atoms with van der Waals surface area (Å²) < 4.78 is 0. The number of aromatic nitrogens is 2. The Morgan fingerprint density at radius 2 is 2.05 bits per heavy atom. The highest BCUT2D eigenvalue weighted by molar-refractivity contribution is 5.73. The number of carbonyl (C=O) groups excluding carboxylic acids is 1. The van der Waals surface area contributed by atoms with Crippen LogP contribution in [0.5, 0.6) is 0 Å². The van der Waals surface area contributed by atoms with Crippen molar-refractivity contribution in [3.63, 3.8) is 0 Å². The van der Waals surface area contributed by atoms with Gasteiger partial charge in [0.15, 0.2) is 0 Å². The molecule has 1 amide bonds. The molecule has 6 nitrogen and oxygen atoms in total. The lowest BCUT2D eigenvalue weighted by atomic mass is 9.78. The minimum absolute atomic E-state index is 0.166. The van der Waals surface area contributed by atoms with E-state index in [0.717, 1.165) is 50.3 Å². The second kappa shape index (κ2) is 5.97. The largest absolute Gasteiger partial charge is 0.367 e. The fraction of sp³-hybridized carbons (Fsp3) is 0.667. The van der Waals surface area contributed by atoms with Gasteiger partial charge in [-0.3, -0.25) is 4.79 Å². The number of anilines is 1. The fourth-order valence-electron chi connectivity index (χ4n) is 3.13. The van der Waals surface area contributed by atoms with Crippen LogP contribution in [-0.4, -0.2) is 45.9 Å². The first-order valence-electron chi connectivity index (χ1n) is 7.71. The van der Waals surface area contributed by atoms with Gasteiger partial charge < -0.3 is 16.0 Å². The van der Waals surface area contributed by atoms with Crippen molar-refractivity contribution < 1.29 is 4.79 Å². The summed E-state index contributed by atoms with van der Waals surface area (Å²) in [6.45, 7) is 3.28. The van der Waals surface area contributed by atoms with Crippen LogP contribution < -0.4 is 11.1 Å². The van der Waals surface area contributed by atoms with E-state index in [0.29, 0.717) is 18.0 Å². The highest BCUT2D eigenvalue weighted by atomic mass is 16.2. The van der Waals surface area contributed by atoms with Crippen LogP contribution in [0, 0.1) is 0 Å². The van der Waals surface area contributed by atoms with Crippen LogP contribution in [0.15, 0.2) is 12.4 Å². The molecule has 1 saturated carbocycles. The molecule has 1 aliphatic heterocycles. The van der Waals surface area contributed by atoms with Gasteiger partial charge in [0, 0.05) is 49.8 Å².